The van der Waals surface area contributed by atoms with Crippen molar-refractivity contribution < 1.29 is 42.4 Å². The molecule has 0 aromatic heterocycles. The number of hydrogen-bond acceptors (Lipinski definition) is 6. The van der Waals surface area contributed by atoms with Gasteiger partial charge in [0, 0.05) is 38.9 Å². The summed E-state index contributed by atoms with van der Waals surface area (Å²) in [6.45, 7) is 3.01. The van der Waals surface area contributed by atoms with Crippen LogP contribution in [0.5, 0.6) is 0 Å². The Kier molecular flexibility index (Phi) is 13.8. The molecular weight excluding hydrogens is 510 g/mol. The quantitative estimate of drug-likeness (QED) is 0.155. The molecule has 0 bridgehead atoms. The fourth-order valence-corrected chi connectivity index (χ4v) is 6.07. The van der Waals surface area contributed by atoms with Crippen molar-refractivity contribution in [2.24, 2.45) is 11.8 Å². The zero-order chi connectivity index (χ0) is 28.1. The predicted octanol–water partition coefficient (Wildman–Crippen LogP) is 6.82. The monoisotopic (exact) mass is 558 g/mol. The second-order valence-corrected chi connectivity index (χ2v) is 11.3. The van der Waals surface area contributed by atoms with Gasteiger partial charge in [0.15, 0.2) is 12.6 Å². The van der Waals surface area contributed by atoms with Crippen molar-refractivity contribution in [1.82, 2.24) is 0 Å². The average molecular weight is 559 g/mol. The Bertz CT molecular complexity index is 762. The van der Waals surface area contributed by atoms with Gasteiger partial charge in [0.1, 0.15) is 0 Å². The normalized spacial score (nSPS) is 30.1. The number of alkyl halides is 2. The number of ketones is 1. The van der Waals surface area contributed by atoms with Crippen molar-refractivity contribution in [2.45, 2.75) is 140 Å². The van der Waals surface area contributed by atoms with Crippen LogP contribution in [-0.2, 0) is 28.5 Å². The fraction of sp³-hybridized carbons (Fsp3) is 0.867. The highest BCUT2D eigenvalue weighted by molar-refractivity contribution is 5.85. The van der Waals surface area contributed by atoms with Gasteiger partial charge in [0.2, 0.25) is 5.78 Å². The van der Waals surface area contributed by atoms with Gasteiger partial charge in [0.05, 0.1) is 12.2 Å². The molecule has 3 rings (SSSR count). The molecular formula is C30H48F2O7. The lowest BCUT2D eigenvalue weighted by molar-refractivity contribution is -0.204. The Balaban J connectivity index is 1.70. The van der Waals surface area contributed by atoms with Crippen molar-refractivity contribution in [3.63, 3.8) is 0 Å². The molecule has 3 aliphatic rings. The van der Waals surface area contributed by atoms with E-state index in [0.29, 0.717) is 51.7 Å². The lowest BCUT2D eigenvalue weighted by Crippen LogP contribution is -2.32. The molecule has 3 fully saturated rings. The number of hydrogen-bond donors (Lipinski definition) is 1. The van der Waals surface area contributed by atoms with E-state index in [0.717, 1.165) is 38.5 Å². The number of ether oxygens (including phenoxy) is 4. The van der Waals surface area contributed by atoms with Crippen LogP contribution >= 0.6 is 0 Å². The Morgan fingerprint density at radius 3 is 2.13 bits per heavy atom. The first-order chi connectivity index (χ1) is 18.8. The van der Waals surface area contributed by atoms with E-state index < -0.39 is 24.1 Å². The van der Waals surface area contributed by atoms with E-state index in [1.54, 1.807) is 6.92 Å². The summed E-state index contributed by atoms with van der Waals surface area (Å²) in [6.07, 6.45) is 12.5. The van der Waals surface area contributed by atoms with Crippen LogP contribution in [0.2, 0.25) is 0 Å². The summed E-state index contributed by atoms with van der Waals surface area (Å²) in [4.78, 5) is 23.1. The number of aliphatic carboxylic acids is 1. The van der Waals surface area contributed by atoms with Crippen LogP contribution in [0.15, 0.2) is 12.2 Å². The fourth-order valence-electron chi connectivity index (χ4n) is 6.07. The Hall–Kier alpha value is -1.42. The molecule has 1 N–H and O–H groups in total. The number of unbranched alkanes of at least 4 members (excludes halogenated alkanes) is 1. The molecule has 39 heavy (non-hydrogen) atoms. The largest absolute Gasteiger partial charge is 0.481 e. The third-order valence-corrected chi connectivity index (χ3v) is 8.15. The number of carboxylic acids is 1. The van der Waals surface area contributed by atoms with Gasteiger partial charge in [-0.05, 0) is 88.9 Å². The number of carbonyl (C=O) groups excluding carboxylic acids is 1. The van der Waals surface area contributed by atoms with Crippen molar-refractivity contribution in [3.8, 4) is 0 Å². The number of carboxylic acid groups (broad SMARTS) is 1. The minimum atomic E-state index is -3.27. The maximum absolute atomic E-state index is 14.2. The van der Waals surface area contributed by atoms with Gasteiger partial charge in [-0.15, -0.1) is 0 Å². The highest BCUT2D eigenvalue weighted by Gasteiger charge is 2.46. The standard InChI is InChI=1S/C30H48F2O7/c1-2-18-30(31,32)26(33)14-11-13-23-22(12-5-3-4-6-15-27(34)35)24(38-28-16-7-9-19-36-28)21-25(23)39-29-17-8-10-20-37-29/h3,5,22-25,28-29H,2,4,6-21H2,1H3,(H,34,35)/t22-,23-,24+,25-,28?,29?/m1/s1. The molecule has 2 saturated heterocycles. The predicted molar refractivity (Wildman–Crippen MR) is 142 cm³/mol. The van der Waals surface area contributed by atoms with Crippen molar-refractivity contribution in [3.05, 3.63) is 12.2 Å². The molecule has 0 aromatic carbocycles. The van der Waals surface area contributed by atoms with Crippen LogP contribution in [0.1, 0.15) is 110 Å². The molecule has 0 radical (unpaired) electrons. The van der Waals surface area contributed by atoms with Crippen LogP contribution in [0.25, 0.3) is 0 Å². The third-order valence-electron chi connectivity index (χ3n) is 8.15. The molecule has 2 aliphatic heterocycles. The van der Waals surface area contributed by atoms with Gasteiger partial charge in [-0.3, -0.25) is 9.59 Å². The van der Waals surface area contributed by atoms with E-state index >= 15 is 0 Å². The van der Waals surface area contributed by atoms with Crippen LogP contribution in [0.4, 0.5) is 8.78 Å². The maximum atomic E-state index is 14.2. The summed E-state index contributed by atoms with van der Waals surface area (Å²) >= 11 is 0. The van der Waals surface area contributed by atoms with Crippen LogP contribution < -0.4 is 0 Å². The molecule has 224 valence electrons. The Morgan fingerprint density at radius 2 is 1.56 bits per heavy atom. The summed E-state index contributed by atoms with van der Waals surface area (Å²) in [5.41, 5.74) is 0. The van der Waals surface area contributed by atoms with E-state index in [-0.39, 0.29) is 55.9 Å². The molecule has 0 spiro atoms. The molecule has 0 aromatic rings. The summed E-state index contributed by atoms with van der Waals surface area (Å²) in [5.74, 6) is -4.94. The number of Topliss-reactive ketones (excluding diaryl/α,β-unsaturated/α-hetero) is 1. The van der Waals surface area contributed by atoms with E-state index in [1.807, 2.05) is 6.08 Å². The Morgan fingerprint density at radius 1 is 0.923 bits per heavy atom. The molecule has 0 amide bonds. The van der Waals surface area contributed by atoms with E-state index in [4.69, 9.17) is 24.1 Å². The molecule has 2 heterocycles. The SMILES string of the molecule is CCCC(F)(F)C(=O)CCC[C@@H]1[C@@H](CC=CCCCC(=O)O)[C@@H](OC2CCCCO2)C[C@H]1OC1CCCCO1. The zero-order valence-corrected chi connectivity index (χ0v) is 23.5. The van der Waals surface area contributed by atoms with Gasteiger partial charge in [-0.25, -0.2) is 0 Å². The highest BCUT2D eigenvalue weighted by atomic mass is 19.3. The van der Waals surface area contributed by atoms with Gasteiger partial charge >= 0.3 is 11.9 Å². The smallest absolute Gasteiger partial charge is 0.305 e. The molecule has 1 aliphatic carbocycles. The first-order valence-electron chi connectivity index (χ1n) is 15.1. The topological polar surface area (TPSA) is 91.3 Å². The van der Waals surface area contributed by atoms with Crippen LogP contribution in [-0.4, -0.2) is 60.8 Å². The second kappa shape index (κ2) is 16.7. The summed E-state index contributed by atoms with van der Waals surface area (Å²) in [6, 6.07) is 0. The van der Waals surface area contributed by atoms with Crippen molar-refractivity contribution in [2.75, 3.05) is 13.2 Å². The molecule has 2 unspecified atom stereocenters. The van der Waals surface area contributed by atoms with Gasteiger partial charge in [-0.1, -0.05) is 19.1 Å². The zero-order valence-electron chi connectivity index (χ0n) is 23.5. The summed E-state index contributed by atoms with van der Waals surface area (Å²) < 4.78 is 53.0. The van der Waals surface area contributed by atoms with Gasteiger partial charge in [0.25, 0.3) is 0 Å². The van der Waals surface area contributed by atoms with E-state index in [2.05, 4.69) is 6.08 Å². The first-order valence-corrected chi connectivity index (χ1v) is 15.1. The van der Waals surface area contributed by atoms with Crippen LogP contribution in [0, 0.1) is 11.8 Å². The number of carbonyl (C=O) groups is 2. The third kappa shape index (κ3) is 10.8. The number of halogens is 2. The first kappa shape index (κ1) is 32.1. The molecule has 7 nitrogen and oxygen atoms in total. The number of rotatable bonds is 17. The van der Waals surface area contributed by atoms with Gasteiger partial charge in [-0.2, -0.15) is 8.78 Å². The molecule has 9 heteroatoms. The minimum Gasteiger partial charge on any atom is -0.481 e. The maximum Gasteiger partial charge on any atom is 0.305 e. The van der Waals surface area contributed by atoms with E-state index in [9.17, 15) is 18.4 Å². The molecule has 6 atom stereocenters. The van der Waals surface area contributed by atoms with Gasteiger partial charge < -0.3 is 24.1 Å². The molecule has 1 saturated carbocycles. The van der Waals surface area contributed by atoms with E-state index in [1.165, 1.54) is 0 Å². The second-order valence-electron chi connectivity index (χ2n) is 11.3. The highest BCUT2D eigenvalue weighted by Crippen LogP contribution is 2.44. The summed E-state index contributed by atoms with van der Waals surface area (Å²) in [5, 5.41) is 8.89. The van der Waals surface area contributed by atoms with Crippen molar-refractivity contribution >= 4 is 11.8 Å². The average Bonchev–Trinajstić information content (AvgIpc) is 3.22. The van der Waals surface area contributed by atoms with Crippen LogP contribution in [0.3, 0.4) is 0 Å². The van der Waals surface area contributed by atoms with Crippen molar-refractivity contribution in [1.29, 1.82) is 0 Å². The minimum absolute atomic E-state index is 0.0281. The lowest BCUT2D eigenvalue weighted by Gasteiger charge is -2.31. The Labute approximate surface area is 232 Å². The summed E-state index contributed by atoms with van der Waals surface area (Å²) in [7, 11) is 0. The lowest BCUT2D eigenvalue weighted by atomic mass is 9.85. The number of allylic oxidation sites excluding steroid dienone is 2.